The fourth-order valence-electron chi connectivity index (χ4n) is 5.11. The van der Waals surface area contributed by atoms with E-state index in [9.17, 15) is 9.59 Å². The molecule has 4 heteroatoms. The van der Waals surface area contributed by atoms with Crippen molar-refractivity contribution in [3.63, 3.8) is 0 Å². The van der Waals surface area contributed by atoms with Crippen LogP contribution in [0.2, 0.25) is 0 Å². The van der Waals surface area contributed by atoms with Gasteiger partial charge in [0.1, 0.15) is 0 Å². The molecule has 2 aliphatic heterocycles. The van der Waals surface area contributed by atoms with Crippen LogP contribution < -0.4 is 0 Å². The second-order valence-corrected chi connectivity index (χ2v) is 8.08. The lowest BCUT2D eigenvalue weighted by molar-refractivity contribution is -0.123. The molecule has 1 saturated carbocycles. The predicted octanol–water partition coefficient (Wildman–Crippen LogP) is 4.33. The van der Waals surface area contributed by atoms with Gasteiger partial charge in [0.05, 0.1) is 17.0 Å². The SMILES string of the molecule is CN1C(=O)C(C2CCCCC2)=C2C1=C(c1cccc3ccccc13)C(=O)N2C. The van der Waals surface area contributed by atoms with E-state index in [-0.39, 0.29) is 17.7 Å². The van der Waals surface area contributed by atoms with Crippen molar-refractivity contribution < 1.29 is 9.59 Å². The van der Waals surface area contributed by atoms with Crippen molar-refractivity contribution in [2.75, 3.05) is 14.1 Å². The smallest absolute Gasteiger partial charge is 0.260 e. The Morgan fingerprint density at radius 2 is 1.46 bits per heavy atom. The minimum Gasteiger partial charge on any atom is -0.309 e. The van der Waals surface area contributed by atoms with E-state index in [0.717, 1.165) is 59.0 Å². The third-order valence-electron chi connectivity index (χ3n) is 6.51. The number of carbonyl (C=O) groups excluding carboxylic acids is 2. The summed E-state index contributed by atoms with van der Waals surface area (Å²) < 4.78 is 0. The van der Waals surface area contributed by atoms with E-state index in [1.807, 2.05) is 44.4 Å². The van der Waals surface area contributed by atoms with Gasteiger partial charge in [-0.2, -0.15) is 0 Å². The van der Waals surface area contributed by atoms with Crippen LogP contribution in [0.25, 0.3) is 16.3 Å². The van der Waals surface area contributed by atoms with E-state index in [2.05, 4.69) is 12.1 Å². The number of likely N-dealkylation sites (N-methyl/N-ethyl adjacent to an activating group) is 2. The molecule has 3 aliphatic rings. The van der Waals surface area contributed by atoms with E-state index in [1.165, 1.54) is 6.42 Å². The number of hydrogen-bond acceptors (Lipinski definition) is 2. The lowest BCUT2D eigenvalue weighted by Crippen LogP contribution is -2.27. The molecule has 1 fully saturated rings. The number of benzene rings is 2. The summed E-state index contributed by atoms with van der Waals surface area (Å²) in [6.45, 7) is 0. The highest BCUT2D eigenvalue weighted by atomic mass is 16.2. The molecule has 0 aromatic heterocycles. The molecule has 5 rings (SSSR count). The first-order chi connectivity index (χ1) is 13.6. The largest absolute Gasteiger partial charge is 0.309 e. The number of nitrogens with zero attached hydrogens (tertiary/aromatic N) is 2. The monoisotopic (exact) mass is 372 g/mol. The molecule has 0 atom stereocenters. The van der Waals surface area contributed by atoms with Crippen molar-refractivity contribution in [3.8, 4) is 0 Å². The number of rotatable bonds is 2. The summed E-state index contributed by atoms with van der Waals surface area (Å²) in [6, 6.07) is 14.1. The molecule has 2 aromatic rings. The van der Waals surface area contributed by atoms with Gasteiger partial charge in [-0.25, -0.2) is 0 Å². The van der Waals surface area contributed by atoms with Crippen molar-refractivity contribution >= 4 is 28.2 Å². The maximum Gasteiger partial charge on any atom is 0.260 e. The van der Waals surface area contributed by atoms with Gasteiger partial charge in [0, 0.05) is 19.7 Å². The highest BCUT2D eigenvalue weighted by Gasteiger charge is 2.47. The average Bonchev–Trinajstić information content (AvgIpc) is 3.13. The highest BCUT2D eigenvalue weighted by molar-refractivity contribution is 6.29. The summed E-state index contributed by atoms with van der Waals surface area (Å²) in [4.78, 5) is 30.0. The first-order valence-electron chi connectivity index (χ1n) is 10.1. The fourth-order valence-corrected chi connectivity index (χ4v) is 5.11. The Kier molecular flexibility index (Phi) is 3.90. The Labute approximate surface area is 165 Å². The molecule has 1 aliphatic carbocycles. The summed E-state index contributed by atoms with van der Waals surface area (Å²) in [5.74, 6) is 0.307. The third-order valence-corrected chi connectivity index (χ3v) is 6.51. The molecule has 2 amide bonds. The Morgan fingerprint density at radius 3 is 2.25 bits per heavy atom. The fraction of sp³-hybridized carbons (Fsp3) is 0.333. The van der Waals surface area contributed by atoms with Crippen LogP contribution in [0.4, 0.5) is 0 Å². The molecule has 0 N–H and O–H groups in total. The second-order valence-electron chi connectivity index (χ2n) is 8.08. The van der Waals surface area contributed by atoms with E-state index in [4.69, 9.17) is 0 Å². The molecule has 0 bridgehead atoms. The zero-order valence-electron chi connectivity index (χ0n) is 16.4. The van der Waals surface area contributed by atoms with E-state index >= 15 is 0 Å². The van der Waals surface area contributed by atoms with Crippen LogP contribution in [0.5, 0.6) is 0 Å². The topological polar surface area (TPSA) is 40.6 Å². The Hall–Kier alpha value is -2.88. The van der Waals surface area contributed by atoms with Gasteiger partial charge in [0.25, 0.3) is 11.8 Å². The number of carbonyl (C=O) groups is 2. The minimum absolute atomic E-state index is 0.0194. The maximum absolute atomic E-state index is 13.3. The van der Waals surface area contributed by atoms with Gasteiger partial charge in [-0.15, -0.1) is 0 Å². The normalized spacial score (nSPS) is 20.8. The minimum atomic E-state index is -0.0194. The van der Waals surface area contributed by atoms with E-state index in [0.29, 0.717) is 5.57 Å². The van der Waals surface area contributed by atoms with Gasteiger partial charge in [0.15, 0.2) is 0 Å². The lowest BCUT2D eigenvalue weighted by atomic mass is 9.83. The van der Waals surface area contributed by atoms with Crippen molar-refractivity contribution in [1.29, 1.82) is 0 Å². The molecule has 0 saturated heterocycles. The zero-order valence-corrected chi connectivity index (χ0v) is 16.4. The first kappa shape index (κ1) is 17.2. The van der Waals surface area contributed by atoms with Crippen LogP contribution in [0, 0.1) is 5.92 Å². The van der Waals surface area contributed by atoms with E-state index < -0.39 is 0 Å². The first-order valence-corrected chi connectivity index (χ1v) is 10.1. The van der Waals surface area contributed by atoms with Gasteiger partial charge >= 0.3 is 0 Å². The van der Waals surface area contributed by atoms with Crippen LogP contribution in [0.1, 0.15) is 37.7 Å². The van der Waals surface area contributed by atoms with Gasteiger partial charge in [0.2, 0.25) is 0 Å². The van der Waals surface area contributed by atoms with Crippen molar-refractivity contribution in [2.45, 2.75) is 32.1 Å². The van der Waals surface area contributed by atoms with Crippen LogP contribution in [-0.2, 0) is 9.59 Å². The summed E-state index contributed by atoms with van der Waals surface area (Å²) in [5, 5.41) is 2.14. The average molecular weight is 372 g/mol. The van der Waals surface area contributed by atoms with Gasteiger partial charge < -0.3 is 9.80 Å². The molecular formula is C24H24N2O2. The summed E-state index contributed by atoms with van der Waals surface area (Å²) >= 11 is 0. The number of fused-ring (bicyclic) bond motifs is 2. The number of hydrogen-bond donors (Lipinski definition) is 0. The van der Waals surface area contributed by atoms with Gasteiger partial charge in [-0.1, -0.05) is 61.7 Å². The molecule has 4 nitrogen and oxygen atoms in total. The third kappa shape index (κ3) is 2.30. The molecule has 0 spiro atoms. The molecule has 2 aromatic carbocycles. The van der Waals surface area contributed by atoms with Crippen molar-refractivity contribution in [2.24, 2.45) is 5.92 Å². The van der Waals surface area contributed by atoms with Crippen LogP contribution in [-0.4, -0.2) is 35.7 Å². The summed E-state index contributed by atoms with van der Waals surface area (Å²) in [5.41, 5.74) is 4.03. The van der Waals surface area contributed by atoms with Crippen LogP contribution >= 0.6 is 0 Å². The van der Waals surface area contributed by atoms with Crippen molar-refractivity contribution in [1.82, 2.24) is 9.80 Å². The maximum atomic E-state index is 13.3. The number of amides is 2. The van der Waals surface area contributed by atoms with E-state index in [1.54, 1.807) is 9.80 Å². The molecular weight excluding hydrogens is 348 g/mol. The molecule has 142 valence electrons. The Balaban J connectivity index is 1.76. The summed E-state index contributed by atoms with van der Waals surface area (Å²) in [7, 11) is 3.62. The Morgan fingerprint density at radius 1 is 0.786 bits per heavy atom. The Bertz CT molecular complexity index is 1070. The van der Waals surface area contributed by atoms with Crippen LogP contribution in [0.3, 0.4) is 0 Å². The molecule has 28 heavy (non-hydrogen) atoms. The lowest BCUT2D eigenvalue weighted by Gasteiger charge is -2.24. The quantitative estimate of drug-likeness (QED) is 0.787. The highest BCUT2D eigenvalue weighted by Crippen LogP contribution is 2.47. The van der Waals surface area contributed by atoms with Crippen molar-refractivity contribution in [3.05, 3.63) is 65.0 Å². The standard InChI is InChI=1S/C24H24N2O2/c1-25-21-19(16-10-4-3-5-11-16)23(27)26(2)22(21)20(24(25)28)18-14-8-12-15-9-6-7-13-17(15)18/h6-9,12-14,16H,3-5,10-11H2,1-2H3. The van der Waals surface area contributed by atoms with Crippen LogP contribution in [0.15, 0.2) is 59.4 Å². The molecule has 0 radical (unpaired) electrons. The van der Waals surface area contributed by atoms with Gasteiger partial charge in [-0.3, -0.25) is 9.59 Å². The summed E-state index contributed by atoms with van der Waals surface area (Å²) in [6.07, 6.45) is 5.63. The molecule has 2 heterocycles. The van der Waals surface area contributed by atoms with Gasteiger partial charge in [-0.05, 0) is 35.1 Å². The second kappa shape index (κ2) is 6.33. The molecule has 0 unspecified atom stereocenters. The zero-order chi connectivity index (χ0) is 19.4. The predicted molar refractivity (Wildman–Crippen MR) is 110 cm³/mol.